The highest BCUT2D eigenvalue weighted by molar-refractivity contribution is 8.08. The molecule has 0 unspecified atom stereocenters. The van der Waals surface area contributed by atoms with E-state index >= 15 is 0 Å². The smallest absolute Gasteiger partial charge is 0.260 e. The van der Waals surface area contributed by atoms with Gasteiger partial charge in [-0.05, 0) is 18.2 Å². The van der Waals surface area contributed by atoms with Gasteiger partial charge in [0, 0.05) is 34.5 Å². The van der Waals surface area contributed by atoms with E-state index in [0.717, 1.165) is 19.6 Å². The van der Waals surface area contributed by atoms with E-state index < -0.39 is 6.64 Å². The van der Waals surface area contributed by atoms with Crippen molar-refractivity contribution in [3.63, 3.8) is 0 Å². The van der Waals surface area contributed by atoms with E-state index in [9.17, 15) is 0 Å². The summed E-state index contributed by atoms with van der Waals surface area (Å²) < 4.78 is 14.9. The molecule has 0 aliphatic rings. The molecule has 0 aliphatic heterocycles. The van der Waals surface area contributed by atoms with Gasteiger partial charge >= 0.3 is 0 Å². The molecule has 0 radical (unpaired) electrons. The summed E-state index contributed by atoms with van der Waals surface area (Å²) in [6, 6.07) is 0. The first kappa shape index (κ1) is 12.5. The van der Waals surface area contributed by atoms with Crippen molar-refractivity contribution >= 4 is 18.4 Å². The molecule has 0 saturated heterocycles. The topological polar surface area (TPSA) is 39.7 Å². The Morgan fingerprint density at radius 2 is 1.83 bits per heavy atom. The van der Waals surface area contributed by atoms with Crippen molar-refractivity contribution in [3.8, 4) is 0 Å². The van der Waals surface area contributed by atoms with Crippen LogP contribution in [0.1, 0.15) is 6.42 Å². The van der Waals surface area contributed by atoms with Crippen LogP contribution in [0.15, 0.2) is 0 Å². The summed E-state index contributed by atoms with van der Waals surface area (Å²) >= 11 is 5.07. The fourth-order valence-electron chi connectivity index (χ4n) is 0.636. The quantitative estimate of drug-likeness (QED) is 0.507. The maximum Gasteiger partial charge on any atom is 0.260 e. The summed E-state index contributed by atoms with van der Waals surface area (Å²) in [6.45, 7) is -0.719. The minimum Gasteiger partial charge on any atom is -0.385 e. The van der Waals surface area contributed by atoms with Gasteiger partial charge in [0.2, 0.25) is 0 Å². The summed E-state index contributed by atoms with van der Waals surface area (Å²) in [4.78, 5) is 0. The molecule has 0 saturated carbocycles. The van der Waals surface area contributed by atoms with Crippen LogP contribution in [-0.2, 0) is 25.6 Å². The molecule has 4 nitrogen and oxygen atoms in total. The molecule has 1 N–H and O–H groups in total. The highest BCUT2D eigenvalue weighted by Crippen LogP contribution is 2.41. The van der Waals surface area contributed by atoms with Gasteiger partial charge in [0.15, 0.2) is 0 Å². The normalized spacial score (nSPS) is 11.9. The lowest BCUT2D eigenvalue weighted by atomic mass is 10.5. The SMILES string of the molecule is COCCCNP(=S)(OC)OC. The van der Waals surface area contributed by atoms with Crippen LogP contribution >= 0.6 is 6.64 Å². The Kier molecular flexibility index (Phi) is 7.23. The van der Waals surface area contributed by atoms with E-state index in [1.165, 1.54) is 0 Å². The number of hydrogen-bond acceptors (Lipinski definition) is 4. The van der Waals surface area contributed by atoms with E-state index in [0.29, 0.717) is 0 Å². The minimum absolute atomic E-state index is 0.718. The van der Waals surface area contributed by atoms with Crippen LogP contribution in [0, 0.1) is 0 Å². The predicted molar refractivity (Wildman–Crippen MR) is 52.8 cm³/mol. The van der Waals surface area contributed by atoms with Gasteiger partial charge in [-0.2, -0.15) is 0 Å². The van der Waals surface area contributed by atoms with E-state index in [1.54, 1.807) is 21.3 Å². The number of methoxy groups -OCH3 is 1. The van der Waals surface area contributed by atoms with Gasteiger partial charge in [0.25, 0.3) is 6.64 Å². The molecule has 0 bridgehead atoms. The fourth-order valence-corrected chi connectivity index (χ4v) is 1.75. The third-order valence-corrected chi connectivity index (χ3v) is 4.17. The second-order valence-corrected chi connectivity index (χ2v) is 5.60. The van der Waals surface area contributed by atoms with Crippen LogP contribution in [0.3, 0.4) is 0 Å². The number of nitrogens with one attached hydrogen (secondary N) is 1. The van der Waals surface area contributed by atoms with Crippen molar-refractivity contribution in [3.05, 3.63) is 0 Å². The molecule has 0 aliphatic carbocycles. The van der Waals surface area contributed by atoms with Crippen molar-refractivity contribution in [1.29, 1.82) is 0 Å². The zero-order chi connectivity index (χ0) is 9.45. The number of hydrogen-bond donors (Lipinski definition) is 1. The van der Waals surface area contributed by atoms with E-state index in [4.69, 9.17) is 25.6 Å². The van der Waals surface area contributed by atoms with Gasteiger partial charge in [-0.25, -0.2) is 5.09 Å². The van der Waals surface area contributed by atoms with Crippen LogP contribution in [0.2, 0.25) is 0 Å². The third kappa shape index (κ3) is 5.19. The molecular formula is C6H16NO3PS. The zero-order valence-corrected chi connectivity index (χ0v) is 9.41. The van der Waals surface area contributed by atoms with Crippen molar-refractivity contribution in [1.82, 2.24) is 5.09 Å². The van der Waals surface area contributed by atoms with Crippen molar-refractivity contribution in [2.24, 2.45) is 0 Å². The van der Waals surface area contributed by atoms with Gasteiger partial charge < -0.3 is 13.8 Å². The Hall–Kier alpha value is 0.490. The Morgan fingerprint density at radius 1 is 1.25 bits per heavy atom. The Labute approximate surface area is 78.8 Å². The van der Waals surface area contributed by atoms with Gasteiger partial charge in [0.1, 0.15) is 0 Å². The van der Waals surface area contributed by atoms with E-state index in [1.807, 2.05) is 0 Å². The lowest BCUT2D eigenvalue weighted by Crippen LogP contribution is -2.15. The van der Waals surface area contributed by atoms with Crippen molar-refractivity contribution in [2.45, 2.75) is 6.42 Å². The molecule has 0 aromatic heterocycles. The molecule has 0 aromatic rings. The Morgan fingerprint density at radius 3 is 2.25 bits per heavy atom. The van der Waals surface area contributed by atoms with Crippen LogP contribution < -0.4 is 5.09 Å². The third-order valence-electron chi connectivity index (χ3n) is 1.31. The second-order valence-electron chi connectivity index (χ2n) is 2.12. The summed E-state index contributed by atoms with van der Waals surface area (Å²) in [6.07, 6.45) is 0.904. The molecule has 0 rings (SSSR count). The molecule has 0 atom stereocenters. The largest absolute Gasteiger partial charge is 0.385 e. The van der Waals surface area contributed by atoms with E-state index in [2.05, 4.69) is 5.09 Å². The summed E-state index contributed by atoms with van der Waals surface area (Å²) in [7, 11) is 4.77. The lowest BCUT2D eigenvalue weighted by molar-refractivity contribution is 0.195. The van der Waals surface area contributed by atoms with Gasteiger partial charge in [-0.3, -0.25) is 0 Å². The molecule has 6 heteroatoms. The minimum atomic E-state index is -2.19. The van der Waals surface area contributed by atoms with Gasteiger partial charge in [0.05, 0.1) is 0 Å². The predicted octanol–water partition coefficient (Wildman–Crippen LogP) is 1.13. The molecule has 0 amide bonds. The van der Waals surface area contributed by atoms with Crippen LogP contribution in [-0.4, -0.2) is 34.5 Å². The monoisotopic (exact) mass is 213 g/mol. The van der Waals surface area contributed by atoms with Crippen LogP contribution in [0.4, 0.5) is 0 Å². The molecule has 74 valence electrons. The average Bonchev–Trinajstić information content (AvgIpc) is 2.12. The van der Waals surface area contributed by atoms with Gasteiger partial charge in [-0.1, -0.05) is 0 Å². The maximum absolute atomic E-state index is 5.07. The second kappa shape index (κ2) is 6.95. The molecule has 0 spiro atoms. The maximum atomic E-state index is 5.07. The Balaban J connectivity index is 3.52. The highest BCUT2D eigenvalue weighted by Gasteiger charge is 2.12. The van der Waals surface area contributed by atoms with Crippen LogP contribution in [0.5, 0.6) is 0 Å². The van der Waals surface area contributed by atoms with Crippen molar-refractivity contribution < 1.29 is 13.8 Å². The summed E-state index contributed by atoms with van der Waals surface area (Å²) in [5.41, 5.74) is 0. The van der Waals surface area contributed by atoms with Crippen molar-refractivity contribution in [2.75, 3.05) is 34.5 Å². The first-order valence-electron chi connectivity index (χ1n) is 3.64. The van der Waals surface area contributed by atoms with E-state index in [-0.39, 0.29) is 0 Å². The van der Waals surface area contributed by atoms with Crippen LogP contribution in [0.25, 0.3) is 0 Å². The number of rotatable bonds is 7. The molecule has 0 aromatic carbocycles. The molecule has 0 heterocycles. The highest BCUT2D eigenvalue weighted by atomic mass is 32.5. The lowest BCUT2D eigenvalue weighted by Gasteiger charge is -2.18. The Bertz CT molecular complexity index is 148. The van der Waals surface area contributed by atoms with Gasteiger partial charge in [-0.15, -0.1) is 0 Å². The summed E-state index contributed by atoms with van der Waals surface area (Å²) in [5.74, 6) is 0. The zero-order valence-electron chi connectivity index (χ0n) is 7.70. The summed E-state index contributed by atoms with van der Waals surface area (Å²) in [5, 5.41) is 3.03. The fraction of sp³-hybridized carbons (Fsp3) is 1.00. The molecule has 0 fully saturated rings. The first-order chi connectivity index (χ1) is 5.68. The molecular weight excluding hydrogens is 197 g/mol. The molecule has 12 heavy (non-hydrogen) atoms. The average molecular weight is 213 g/mol. The number of ether oxygens (including phenoxy) is 1. The first-order valence-corrected chi connectivity index (χ1v) is 6.28. The standard InChI is InChI=1S/C6H16NO3PS/c1-8-6-4-5-7-11(12,9-2)10-3/h4-6H2,1-3H3,(H,7,12).